The van der Waals surface area contributed by atoms with Gasteiger partial charge < -0.3 is 10.6 Å². The SMILES string of the molecule is Cc1ccc(C(=O)Nc2cccnc2C2CCCCNC2)cc1-c1cccc(C(F)(F)F)c1. The smallest absolute Gasteiger partial charge is 0.320 e. The van der Waals surface area contributed by atoms with Gasteiger partial charge in [0.25, 0.3) is 5.91 Å². The van der Waals surface area contributed by atoms with Gasteiger partial charge in [0, 0.05) is 24.2 Å². The van der Waals surface area contributed by atoms with Crippen LogP contribution in [-0.2, 0) is 6.18 Å². The molecule has 3 aromatic rings. The van der Waals surface area contributed by atoms with Crippen molar-refractivity contribution in [3.63, 3.8) is 0 Å². The standard InChI is InChI=1S/C26H26F3N3O/c1-17-10-11-19(15-22(17)18-7-4-8-21(14-18)26(27,28)29)25(33)32-23-9-5-13-31-24(23)20-6-2-3-12-30-16-20/h4-5,7-11,13-15,20,30H,2-3,6,12,16H2,1H3,(H,32,33). The average Bonchev–Trinajstić information content (AvgIpc) is 3.09. The van der Waals surface area contributed by atoms with Crippen LogP contribution in [0.15, 0.2) is 60.8 Å². The minimum Gasteiger partial charge on any atom is -0.320 e. The van der Waals surface area contributed by atoms with Gasteiger partial charge in [0.2, 0.25) is 0 Å². The zero-order valence-electron chi connectivity index (χ0n) is 18.4. The van der Waals surface area contributed by atoms with E-state index in [1.54, 1.807) is 36.5 Å². The number of alkyl halides is 3. The number of carbonyl (C=O) groups is 1. The first-order valence-electron chi connectivity index (χ1n) is 11.1. The van der Waals surface area contributed by atoms with Gasteiger partial charge in [-0.05, 0) is 79.4 Å². The molecule has 172 valence electrons. The lowest BCUT2D eigenvalue weighted by molar-refractivity contribution is -0.137. The zero-order chi connectivity index (χ0) is 23.4. The van der Waals surface area contributed by atoms with E-state index in [1.165, 1.54) is 6.07 Å². The summed E-state index contributed by atoms with van der Waals surface area (Å²) in [6.45, 7) is 3.60. The summed E-state index contributed by atoms with van der Waals surface area (Å²) >= 11 is 0. The Labute approximate surface area is 191 Å². The molecule has 1 aliphatic heterocycles. The van der Waals surface area contributed by atoms with E-state index in [0.29, 0.717) is 22.4 Å². The number of pyridine rings is 1. The Kier molecular flexibility index (Phi) is 6.79. The first-order valence-corrected chi connectivity index (χ1v) is 11.1. The van der Waals surface area contributed by atoms with Crippen molar-refractivity contribution in [3.05, 3.63) is 83.2 Å². The monoisotopic (exact) mass is 453 g/mol. The molecule has 1 aliphatic rings. The molecule has 1 atom stereocenters. The third-order valence-corrected chi connectivity index (χ3v) is 6.02. The lowest BCUT2D eigenvalue weighted by Gasteiger charge is -2.18. The van der Waals surface area contributed by atoms with Crippen molar-refractivity contribution in [3.8, 4) is 11.1 Å². The highest BCUT2D eigenvalue weighted by Gasteiger charge is 2.30. The lowest BCUT2D eigenvalue weighted by atomic mass is 9.96. The van der Waals surface area contributed by atoms with E-state index in [-0.39, 0.29) is 11.8 Å². The van der Waals surface area contributed by atoms with Crippen LogP contribution in [0.3, 0.4) is 0 Å². The van der Waals surface area contributed by atoms with Crippen LogP contribution >= 0.6 is 0 Å². The second-order valence-corrected chi connectivity index (χ2v) is 8.40. The molecule has 0 spiro atoms. The number of rotatable bonds is 4. The summed E-state index contributed by atoms with van der Waals surface area (Å²) in [5, 5.41) is 6.39. The predicted octanol–water partition coefficient (Wildman–Crippen LogP) is 6.19. The molecule has 0 bridgehead atoms. The number of nitrogens with zero attached hydrogens (tertiary/aromatic N) is 1. The number of nitrogens with one attached hydrogen (secondary N) is 2. The van der Waals surface area contributed by atoms with Crippen LogP contribution in [0.4, 0.5) is 18.9 Å². The van der Waals surface area contributed by atoms with Crippen molar-refractivity contribution in [1.29, 1.82) is 0 Å². The number of hydrogen-bond donors (Lipinski definition) is 2. The highest BCUT2D eigenvalue weighted by atomic mass is 19.4. The Bertz CT molecular complexity index is 1140. The molecule has 7 heteroatoms. The van der Waals surface area contributed by atoms with Crippen LogP contribution < -0.4 is 10.6 Å². The van der Waals surface area contributed by atoms with Gasteiger partial charge in [-0.1, -0.05) is 24.6 Å². The van der Waals surface area contributed by atoms with Crippen molar-refractivity contribution < 1.29 is 18.0 Å². The normalized spacial score (nSPS) is 16.8. The zero-order valence-corrected chi connectivity index (χ0v) is 18.4. The molecular formula is C26H26F3N3O. The maximum Gasteiger partial charge on any atom is 0.416 e. The highest BCUT2D eigenvalue weighted by Crippen LogP contribution is 2.34. The number of amides is 1. The number of halogens is 3. The van der Waals surface area contributed by atoms with E-state index in [0.717, 1.165) is 55.7 Å². The average molecular weight is 454 g/mol. The fourth-order valence-electron chi connectivity index (χ4n) is 4.23. The Morgan fingerprint density at radius 1 is 1.09 bits per heavy atom. The maximum atomic E-state index is 13.2. The van der Waals surface area contributed by atoms with Crippen LogP contribution in [0.1, 0.15) is 52.4 Å². The molecule has 1 aromatic heterocycles. The van der Waals surface area contributed by atoms with E-state index in [4.69, 9.17) is 0 Å². The molecule has 4 rings (SSSR count). The number of aromatic nitrogens is 1. The fourth-order valence-corrected chi connectivity index (χ4v) is 4.23. The van der Waals surface area contributed by atoms with E-state index < -0.39 is 11.7 Å². The van der Waals surface area contributed by atoms with Gasteiger partial charge in [0.15, 0.2) is 0 Å². The number of hydrogen-bond acceptors (Lipinski definition) is 3. The van der Waals surface area contributed by atoms with Crippen molar-refractivity contribution >= 4 is 11.6 Å². The van der Waals surface area contributed by atoms with Gasteiger partial charge in [-0.15, -0.1) is 0 Å². The molecule has 1 fully saturated rings. The van der Waals surface area contributed by atoms with E-state index in [2.05, 4.69) is 15.6 Å². The molecule has 2 aromatic carbocycles. The summed E-state index contributed by atoms with van der Waals surface area (Å²) in [6, 6.07) is 13.9. The first-order chi connectivity index (χ1) is 15.8. The molecule has 2 N–H and O–H groups in total. The van der Waals surface area contributed by atoms with Crippen LogP contribution in [0.2, 0.25) is 0 Å². The van der Waals surface area contributed by atoms with Crippen LogP contribution in [-0.4, -0.2) is 24.0 Å². The van der Waals surface area contributed by atoms with Gasteiger partial charge in [0.1, 0.15) is 0 Å². The minimum atomic E-state index is -4.43. The third-order valence-electron chi connectivity index (χ3n) is 6.02. The van der Waals surface area contributed by atoms with E-state index in [1.807, 2.05) is 13.0 Å². The molecular weight excluding hydrogens is 427 g/mol. The van der Waals surface area contributed by atoms with Crippen LogP contribution in [0.25, 0.3) is 11.1 Å². The Hall–Kier alpha value is -3.19. The molecule has 33 heavy (non-hydrogen) atoms. The van der Waals surface area contributed by atoms with Crippen molar-refractivity contribution in [1.82, 2.24) is 10.3 Å². The molecule has 0 radical (unpaired) electrons. The van der Waals surface area contributed by atoms with E-state index >= 15 is 0 Å². The third kappa shape index (κ3) is 5.42. The maximum absolute atomic E-state index is 13.2. The Balaban J connectivity index is 1.61. The second kappa shape index (κ2) is 9.75. The van der Waals surface area contributed by atoms with Crippen molar-refractivity contribution in [2.75, 3.05) is 18.4 Å². The molecule has 0 aliphatic carbocycles. The fraction of sp³-hybridized carbons (Fsp3) is 0.308. The number of anilines is 1. The van der Waals surface area contributed by atoms with Gasteiger partial charge in [-0.25, -0.2) is 0 Å². The van der Waals surface area contributed by atoms with Gasteiger partial charge in [0.05, 0.1) is 16.9 Å². The summed E-state index contributed by atoms with van der Waals surface area (Å²) in [5.74, 6) is -0.109. The number of aryl methyl sites for hydroxylation is 1. The molecule has 2 heterocycles. The minimum absolute atomic E-state index is 0.211. The van der Waals surface area contributed by atoms with Crippen molar-refractivity contribution in [2.45, 2.75) is 38.3 Å². The van der Waals surface area contributed by atoms with E-state index in [9.17, 15) is 18.0 Å². The lowest BCUT2D eigenvalue weighted by Crippen LogP contribution is -2.22. The molecule has 0 saturated carbocycles. The number of carbonyl (C=O) groups excluding carboxylic acids is 1. The van der Waals surface area contributed by atoms with Crippen LogP contribution in [0.5, 0.6) is 0 Å². The van der Waals surface area contributed by atoms with Gasteiger partial charge in [-0.3, -0.25) is 9.78 Å². The largest absolute Gasteiger partial charge is 0.416 e. The molecule has 1 unspecified atom stereocenters. The Morgan fingerprint density at radius 2 is 1.94 bits per heavy atom. The quantitative estimate of drug-likeness (QED) is 0.496. The topological polar surface area (TPSA) is 54.0 Å². The summed E-state index contributed by atoms with van der Waals surface area (Å²) in [7, 11) is 0. The summed E-state index contributed by atoms with van der Waals surface area (Å²) in [4.78, 5) is 17.6. The van der Waals surface area contributed by atoms with Gasteiger partial charge in [-0.2, -0.15) is 13.2 Å². The van der Waals surface area contributed by atoms with Gasteiger partial charge >= 0.3 is 6.18 Å². The summed E-state index contributed by atoms with van der Waals surface area (Å²) in [6.07, 6.45) is 0.514. The first kappa shape index (κ1) is 23.0. The predicted molar refractivity (Wildman–Crippen MR) is 123 cm³/mol. The van der Waals surface area contributed by atoms with Crippen LogP contribution in [0, 0.1) is 6.92 Å². The van der Waals surface area contributed by atoms with Crippen molar-refractivity contribution in [2.24, 2.45) is 0 Å². The molecule has 1 saturated heterocycles. The Morgan fingerprint density at radius 3 is 2.76 bits per heavy atom. The highest BCUT2D eigenvalue weighted by molar-refractivity contribution is 6.05. The summed E-state index contributed by atoms with van der Waals surface area (Å²) in [5.41, 5.74) is 2.98. The summed E-state index contributed by atoms with van der Waals surface area (Å²) < 4.78 is 39.5. The molecule has 1 amide bonds. The second-order valence-electron chi connectivity index (χ2n) is 8.40. The number of benzene rings is 2. The molecule has 4 nitrogen and oxygen atoms in total.